The molecule has 0 unspecified atom stereocenters. The van der Waals surface area contributed by atoms with Crippen molar-refractivity contribution in [1.82, 2.24) is 15.2 Å². The van der Waals surface area contributed by atoms with E-state index in [-0.39, 0.29) is 6.61 Å². The number of para-hydroxylation sites is 1. The number of benzene rings is 2. The van der Waals surface area contributed by atoms with E-state index in [0.29, 0.717) is 18.2 Å². The molecule has 2 aromatic carbocycles. The molecule has 3 aromatic rings. The van der Waals surface area contributed by atoms with E-state index < -0.39 is 6.03 Å². The standard InChI is InChI=1S/C20H22N6O3/c1-13-4-2-6-16(26(22)20(27)23-21)15(13)12-29-18-8-10-25(24-18)17-7-3-5-14-9-11-28-19(14)17/h2-8,10H,9,11-12,21-22H2,1H3,(H,23,27). The second-order valence-electron chi connectivity index (χ2n) is 6.64. The zero-order valence-electron chi connectivity index (χ0n) is 16.0. The molecule has 0 fully saturated rings. The highest BCUT2D eigenvalue weighted by molar-refractivity contribution is 5.91. The van der Waals surface area contributed by atoms with Crippen LogP contribution in [-0.2, 0) is 13.0 Å². The van der Waals surface area contributed by atoms with Gasteiger partial charge in [-0.25, -0.2) is 26.2 Å². The van der Waals surface area contributed by atoms with Gasteiger partial charge in [0.15, 0.2) is 0 Å². The van der Waals surface area contributed by atoms with Gasteiger partial charge >= 0.3 is 6.03 Å². The Labute approximate surface area is 167 Å². The highest BCUT2D eigenvalue weighted by Gasteiger charge is 2.19. The lowest BCUT2D eigenvalue weighted by Gasteiger charge is -2.20. The summed E-state index contributed by atoms with van der Waals surface area (Å²) in [7, 11) is 0. The second kappa shape index (κ2) is 7.82. The first-order valence-corrected chi connectivity index (χ1v) is 9.16. The smallest absolute Gasteiger partial charge is 0.350 e. The van der Waals surface area contributed by atoms with E-state index in [9.17, 15) is 4.79 Å². The first-order valence-electron chi connectivity index (χ1n) is 9.16. The Morgan fingerprint density at radius 3 is 2.97 bits per heavy atom. The Hall–Kier alpha value is -3.56. The molecule has 1 aromatic heterocycles. The Kier molecular flexibility index (Phi) is 5.07. The molecule has 29 heavy (non-hydrogen) atoms. The summed E-state index contributed by atoms with van der Waals surface area (Å²) < 4.78 is 13.4. The summed E-state index contributed by atoms with van der Waals surface area (Å²) in [4.78, 5) is 11.8. The van der Waals surface area contributed by atoms with Crippen LogP contribution in [0.1, 0.15) is 16.7 Å². The number of anilines is 1. The fraction of sp³-hybridized carbons (Fsp3) is 0.200. The summed E-state index contributed by atoms with van der Waals surface area (Å²) in [6.07, 6.45) is 2.72. The maximum absolute atomic E-state index is 11.8. The number of fused-ring (bicyclic) bond motifs is 1. The van der Waals surface area contributed by atoms with Crippen molar-refractivity contribution in [3.8, 4) is 17.3 Å². The van der Waals surface area contributed by atoms with Gasteiger partial charge in [-0.3, -0.25) is 5.43 Å². The number of aryl methyl sites for hydroxylation is 1. The average Bonchev–Trinajstić information content (AvgIpc) is 3.40. The normalized spacial score (nSPS) is 12.2. The summed E-state index contributed by atoms with van der Waals surface area (Å²) in [5.41, 5.74) is 6.26. The molecule has 2 heterocycles. The molecule has 1 aliphatic heterocycles. The van der Waals surface area contributed by atoms with Crippen molar-refractivity contribution in [3.05, 3.63) is 65.4 Å². The van der Waals surface area contributed by atoms with Gasteiger partial charge in [0.1, 0.15) is 18.0 Å². The third kappa shape index (κ3) is 3.60. The summed E-state index contributed by atoms with van der Waals surface area (Å²) in [5, 5.41) is 5.45. The van der Waals surface area contributed by atoms with E-state index in [2.05, 4.69) is 11.2 Å². The summed E-state index contributed by atoms with van der Waals surface area (Å²) in [6, 6.07) is 12.6. The lowest BCUT2D eigenvalue weighted by Crippen LogP contribution is -2.48. The van der Waals surface area contributed by atoms with Crippen LogP contribution < -0.4 is 31.6 Å². The van der Waals surface area contributed by atoms with Crippen LogP contribution in [0.4, 0.5) is 10.5 Å². The molecule has 2 amide bonds. The molecule has 4 rings (SSSR count). The van der Waals surface area contributed by atoms with Crippen molar-refractivity contribution in [1.29, 1.82) is 0 Å². The highest BCUT2D eigenvalue weighted by atomic mass is 16.5. The monoisotopic (exact) mass is 394 g/mol. The number of urea groups is 1. The molecule has 1 aliphatic rings. The Morgan fingerprint density at radius 1 is 1.31 bits per heavy atom. The number of carbonyl (C=O) groups excluding carboxylic acids is 1. The van der Waals surface area contributed by atoms with Crippen molar-refractivity contribution in [2.45, 2.75) is 20.0 Å². The molecule has 0 atom stereocenters. The Morgan fingerprint density at radius 2 is 2.14 bits per heavy atom. The van der Waals surface area contributed by atoms with Gasteiger partial charge in [-0.1, -0.05) is 24.3 Å². The maximum Gasteiger partial charge on any atom is 0.350 e. The second-order valence-corrected chi connectivity index (χ2v) is 6.64. The van der Waals surface area contributed by atoms with Crippen LogP contribution in [0.5, 0.6) is 11.6 Å². The van der Waals surface area contributed by atoms with E-state index in [0.717, 1.165) is 34.0 Å². The van der Waals surface area contributed by atoms with Crippen molar-refractivity contribution >= 4 is 11.7 Å². The number of hydrogen-bond acceptors (Lipinski definition) is 6. The number of rotatable bonds is 5. The van der Waals surface area contributed by atoms with E-state index in [1.54, 1.807) is 16.8 Å². The minimum absolute atomic E-state index is 0.188. The van der Waals surface area contributed by atoms with Gasteiger partial charge in [0, 0.05) is 24.2 Å². The van der Waals surface area contributed by atoms with Crippen LogP contribution in [0.3, 0.4) is 0 Å². The molecule has 9 nitrogen and oxygen atoms in total. The van der Waals surface area contributed by atoms with Gasteiger partial charge < -0.3 is 9.47 Å². The topological polar surface area (TPSA) is 121 Å². The number of aromatic nitrogens is 2. The van der Waals surface area contributed by atoms with Gasteiger partial charge in [-0.2, -0.15) is 0 Å². The average molecular weight is 394 g/mol. The molecule has 5 N–H and O–H groups in total. The fourth-order valence-electron chi connectivity index (χ4n) is 3.32. The fourth-order valence-corrected chi connectivity index (χ4v) is 3.32. The van der Waals surface area contributed by atoms with E-state index in [1.165, 1.54) is 5.56 Å². The quantitative estimate of drug-likeness (QED) is 0.346. The van der Waals surface area contributed by atoms with Gasteiger partial charge in [0.25, 0.3) is 0 Å². The predicted molar refractivity (Wildman–Crippen MR) is 108 cm³/mol. The molecule has 0 saturated heterocycles. The maximum atomic E-state index is 11.8. The van der Waals surface area contributed by atoms with Crippen LogP contribution in [0, 0.1) is 6.92 Å². The predicted octanol–water partition coefficient (Wildman–Crippen LogP) is 1.96. The number of amides is 2. The van der Waals surface area contributed by atoms with Gasteiger partial charge in [-0.05, 0) is 30.2 Å². The van der Waals surface area contributed by atoms with Crippen LogP contribution in [0.25, 0.3) is 5.69 Å². The lowest BCUT2D eigenvalue weighted by molar-refractivity contribution is 0.246. The number of nitrogens with zero attached hydrogens (tertiary/aromatic N) is 3. The molecule has 0 aliphatic carbocycles. The number of ether oxygens (including phenoxy) is 2. The lowest BCUT2D eigenvalue weighted by atomic mass is 10.1. The number of hydrogen-bond donors (Lipinski definition) is 3. The van der Waals surface area contributed by atoms with E-state index in [4.69, 9.17) is 21.2 Å². The zero-order valence-corrected chi connectivity index (χ0v) is 16.0. The van der Waals surface area contributed by atoms with Gasteiger partial charge in [0.05, 0.1) is 12.3 Å². The minimum Gasteiger partial charge on any atom is -0.491 e. The highest BCUT2D eigenvalue weighted by Crippen LogP contribution is 2.32. The van der Waals surface area contributed by atoms with E-state index >= 15 is 0 Å². The van der Waals surface area contributed by atoms with Crippen molar-refractivity contribution in [2.75, 3.05) is 11.6 Å². The van der Waals surface area contributed by atoms with Crippen LogP contribution in [-0.4, -0.2) is 22.4 Å². The molecular formula is C20H22N6O3. The number of carbonyl (C=O) groups is 1. The first-order chi connectivity index (χ1) is 14.1. The van der Waals surface area contributed by atoms with Gasteiger partial charge in [-0.15, -0.1) is 5.10 Å². The molecule has 0 saturated carbocycles. The van der Waals surface area contributed by atoms with Crippen LogP contribution in [0.2, 0.25) is 0 Å². The van der Waals surface area contributed by atoms with Crippen molar-refractivity contribution < 1.29 is 14.3 Å². The van der Waals surface area contributed by atoms with Crippen LogP contribution in [0.15, 0.2) is 48.7 Å². The van der Waals surface area contributed by atoms with Gasteiger partial charge in [0.2, 0.25) is 5.88 Å². The molecule has 150 valence electrons. The molecular weight excluding hydrogens is 372 g/mol. The Bertz CT molecular complexity index is 1050. The SMILES string of the molecule is Cc1cccc(N(N)C(=O)NN)c1COc1ccn(-c2cccc3c2OCC3)n1. The number of nitrogens with two attached hydrogens (primary N) is 2. The van der Waals surface area contributed by atoms with Crippen LogP contribution >= 0.6 is 0 Å². The largest absolute Gasteiger partial charge is 0.491 e. The molecule has 0 radical (unpaired) electrons. The minimum atomic E-state index is -0.626. The molecule has 9 heteroatoms. The first kappa shape index (κ1) is 18.8. The molecule has 0 bridgehead atoms. The summed E-state index contributed by atoms with van der Waals surface area (Å²) in [5.74, 6) is 12.4. The summed E-state index contributed by atoms with van der Waals surface area (Å²) >= 11 is 0. The Balaban J connectivity index is 1.54. The number of hydrazine groups is 2. The van der Waals surface area contributed by atoms with Crippen molar-refractivity contribution in [2.24, 2.45) is 11.7 Å². The summed E-state index contributed by atoms with van der Waals surface area (Å²) in [6.45, 7) is 2.78. The number of nitrogens with one attached hydrogen (secondary N) is 1. The van der Waals surface area contributed by atoms with Crippen molar-refractivity contribution in [3.63, 3.8) is 0 Å². The third-order valence-electron chi connectivity index (χ3n) is 4.86. The third-order valence-corrected chi connectivity index (χ3v) is 4.86. The van der Waals surface area contributed by atoms with E-state index in [1.807, 2.05) is 42.8 Å². The molecule has 0 spiro atoms. The zero-order chi connectivity index (χ0) is 20.4.